The Hall–Kier alpha value is -4.76. The molecule has 4 rings (SSSR count). The summed E-state index contributed by atoms with van der Waals surface area (Å²) in [6.45, 7) is 30.7. The molecule has 0 saturated heterocycles. The van der Waals surface area contributed by atoms with E-state index in [0.29, 0.717) is 18.3 Å². The molecule has 1 atom stereocenters. The summed E-state index contributed by atoms with van der Waals surface area (Å²) in [6, 6.07) is 42.4. The lowest BCUT2D eigenvalue weighted by atomic mass is 9.78. The summed E-state index contributed by atoms with van der Waals surface area (Å²) in [4.78, 5) is 0. The number of allylic oxidation sites excluding steroid dienone is 3. The van der Waals surface area contributed by atoms with Crippen molar-refractivity contribution in [2.75, 3.05) is 6.54 Å². The van der Waals surface area contributed by atoms with Crippen molar-refractivity contribution in [2.45, 2.75) is 93.0 Å². The second-order valence-corrected chi connectivity index (χ2v) is 13.0. The van der Waals surface area contributed by atoms with E-state index in [2.05, 4.69) is 150 Å². The van der Waals surface area contributed by atoms with Gasteiger partial charge < -0.3 is 16.4 Å². The summed E-state index contributed by atoms with van der Waals surface area (Å²) < 4.78 is 0. The lowest BCUT2D eigenvalue weighted by Crippen LogP contribution is -2.42. The molecule has 0 amide bonds. The molecule has 51 heavy (non-hydrogen) atoms. The topological polar surface area (TPSA) is 50.1 Å². The molecule has 4 aromatic rings. The number of hydrogen-bond donors (Lipinski definition) is 3. The van der Waals surface area contributed by atoms with Gasteiger partial charge in [0.05, 0.1) is 6.54 Å². The molecule has 0 aliphatic rings. The zero-order valence-electron chi connectivity index (χ0n) is 33.1. The summed E-state index contributed by atoms with van der Waals surface area (Å²) >= 11 is 0. The zero-order valence-corrected chi connectivity index (χ0v) is 33.1. The predicted molar refractivity (Wildman–Crippen MR) is 229 cm³/mol. The molecule has 0 aliphatic carbocycles. The highest BCUT2D eigenvalue weighted by Gasteiger charge is 2.28. The van der Waals surface area contributed by atoms with Gasteiger partial charge in [0, 0.05) is 23.1 Å². The largest absolute Gasteiger partial charge is 0.401 e. The Bertz CT molecular complexity index is 1440. The van der Waals surface area contributed by atoms with Crippen LogP contribution in [0.2, 0.25) is 0 Å². The van der Waals surface area contributed by atoms with E-state index in [1.54, 1.807) is 6.08 Å². The van der Waals surface area contributed by atoms with Gasteiger partial charge in [-0.25, -0.2) is 0 Å². The van der Waals surface area contributed by atoms with E-state index in [4.69, 9.17) is 5.73 Å². The number of aryl methyl sites for hydroxylation is 3. The number of nitrogens with two attached hydrogens (primary N) is 1. The summed E-state index contributed by atoms with van der Waals surface area (Å²) in [5.41, 5.74) is 13.9. The van der Waals surface area contributed by atoms with Crippen molar-refractivity contribution in [1.29, 1.82) is 0 Å². The molecule has 0 radical (unpaired) electrons. The molecule has 3 nitrogen and oxygen atoms in total. The van der Waals surface area contributed by atoms with Crippen LogP contribution in [-0.4, -0.2) is 12.6 Å². The minimum atomic E-state index is 0.228. The Kier molecular flexibility index (Phi) is 26.3. The first-order chi connectivity index (χ1) is 24.5. The number of hydrogen-bond acceptors (Lipinski definition) is 3. The van der Waals surface area contributed by atoms with Crippen LogP contribution in [0.1, 0.15) is 83.1 Å². The monoisotopic (exact) mass is 688 g/mol. The van der Waals surface area contributed by atoms with Crippen molar-refractivity contribution in [1.82, 2.24) is 10.6 Å². The summed E-state index contributed by atoms with van der Waals surface area (Å²) in [7, 11) is 0. The van der Waals surface area contributed by atoms with Gasteiger partial charge in [0.1, 0.15) is 0 Å². The SMILES string of the molecule is C=C(CCc1ccccc1)NC(Cc1ccccc1)C(C)(C)CC.C=C(N)CNC(=C)CCc1ccccc1.C=CC.CC.Cc1ccccc1. The molecule has 276 valence electrons. The van der Waals surface area contributed by atoms with Gasteiger partial charge in [0.25, 0.3) is 0 Å². The second kappa shape index (κ2) is 29.0. The highest BCUT2D eigenvalue weighted by Crippen LogP contribution is 2.28. The van der Waals surface area contributed by atoms with Gasteiger partial charge in [0.15, 0.2) is 0 Å². The van der Waals surface area contributed by atoms with Gasteiger partial charge in [-0.1, -0.05) is 187 Å². The predicted octanol–water partition coefficient (Wildman–Crippen LogP) is 12.2. The van der Waals surface area contributed by atoms with Crippen LogP contribution in [0.3, 0.4) is 0 Å². The van der Waals surface area contributed by atoms with Crippen LogP contribution >= 0.6 is 0 Å². The molecule has 0 saturated carbocycles. The van der Waals surface area contributed by atoms with Crippen molar-refractivity contribution in [3.05, 3.63) is 193 Å². The Morgan fingerprint density at radius 2 is 1.06 bits per heavy atom. The summed E-state index contributed by atoms with van der Waals surface area (Å²) in [6.07, 6.45) is 7.88. The molecule has 4 aromatic carbocycles. The lowest BCUT2D eigenvalue weighted by molar-refractivity contribution is 0.241. The summed E-state index contributed by atoms with van der Waals surface area (Å²) in [5, 5.41) is 6.87. The number of benzene rings is 4. The average molecular weight is 688 g/mol. The van der Waals surface area contributed by atoms with E-state index in [0.717, 1.165) is 49.9 Å². The number of rotatable bonds is 15. The highest BCUT2D eigenvalue weighted by molar-refractivity contribution is 5.19. The molecule has 1 unspecified atom stereocenters. The fraction of sp³-hybridized carbons (Fsp3) is 0.333. The highest BCUT2D eigenvalue weighted by atomic mass is 14.9. The minimum Gasteiger partial charge on any atom is -0.401 e. The maximum Gasteiger partial charge on any atom is 0.0536 e. The lowest BCUT2D eigenvalue weighted by Gasteiger charge is -2.36. The van der Waals surface area contributed by atoms with Crippen LogP contribution in [0.4, 0.5) is 0 Å². The molecule has 0 spiro atoms. The van der Waals surface area contributed by atoms with Crippen molar-refractivity contribution in [3.63, 3.8) is 0 Å². The van der Waals surface area contributed by atoms with Gasteiger partial charge in [-0.2, -0.15) is 0 Å². The van der Waals surface area contributed by atoms with E-state index in [9.17, 15) is 0 Å². The quantitative estimate of drug-likeness (QED) is 0.109. The molecule has 0 bridgehead atoms. The van der Waals surface area contributed by atoms with Gasteiger partial charge in [0.2, 0.25) is 0 Å². The van der Waals surface area contributed by atoms with Gasteiger partial charge in [-0.15, -0.1) is 6.58 Å². The van der Waals surface area contributed by atoms with Gasteiger partial charge >= 0.3 is 0 Å². The molecule has 3 heteroatoms. The third kappa shape index (κ3) is 24.1. The van der Waals surface area contributed by atoms with E-state index < -0.39 is 0 Å². The number of nitrogens with one attached hydrogen (secondary N) is 2. The Morgan fingerprint density at radius 3 is 1.41 bits per heavy atom. The Labute approximate surface area is 313 Å². The molecular formula is C48H69N3. The van der Waals surface area contributed by atoms with E-state index in [1.807, 2.05) is 57.2 Å². The van der Waals surface area contributed by atoms with Crippen molar-refractivity contribution in [3.8, 4) is 0 Å². The third-order valence-electron chi connectivity index (χ3n) is 8.14. The first-order valence-electron chi connectivity index (χ1n) is 18.5. The molecular weight excluding hydrogens is 619 g/mol. The fourth-order valence-corrected chi connectivity index (χ4v) is 4.68. The summed E-state index contributed by atoms with van der Waals surface area (Å²) in [5.74, 6) is 0. The Morgan fingerprint density at radius 1 is 0.686 bits per heavy atom. The normalized spacial score (nSPS) is 10.3. The average Bonchev–Trinajstić information content (AvgIpc) is 3.15. The first kappa shape index (κ1) is 46.2. The minimum absolute atomic E-state index is 0.228. The second-order valence-electron chi connectivity index (χ2n) is 13.0. The van der Waals surface area contributed by atoms with Crippen molar-refractivity contribution in [2.24, 2.45) is 11.1 Å². The van der Waals surface area contributed by atoms with Crippen LogP contribution in [0.25, 0.3) is 0 Å². The zero-order chi connectivity index (χ0) is 38.3. The molecule has 0 fully saturated rings. The van der Waals surface area contributed by atoms with E-state index in [-0.39, 0.29) is 5.41 Å². The van der Waals surface area contributed by atoms with Crippen LogP contribution < -0.4 is 16.4 Å². The molecule has 0 aromatic heterocycles. The first-order valence-corrected chi connectivity index (χ1v) is 18.5. The molecule has 0 heterocycles. The standard InChI is InChI=1S/C23H31N.C13H18N2.C7H8.C3H6.C2H6/c1-5-23(3,4)22(18-21-14-10-7-11-15-21)24-19(2)16-17-20-12-8-6-9-13-20;1-11(14)10-15-12(2)8-9-13-6-4-3-5-7-13;1-7-5-3-2-4-6-7;1-3-2;1-2/h6-15,22,24H,2,5,16-18H2,1,3-4H3;3-7,15H,1-2,8-10,14H2;2-6H,1H3;3H,1H2,2H3;1-2H3. The van der Waals surface area contributed by atoms with Gasteiger partial charge in [-0.3, -0.25) is 0 Å². The third-order valence-corrected chi connectivity index (χ3v) is 8.14. The van der Waals surface area contributed by atoms with Crippen LogP contribution in [-0.2, 0) is 19.3 Å². The van der Waals surface area contributed by atoms with Gasteiger partial charge in [-0.05, 0) is 74.5 Å². The maximum atomic E-state index is 5.45. The van der Waals surface area contributed by atoms with Crippen LogP contribution in [0, 0.1) is 12.3 Å². The fourth-order valence-electron chi connectivity index (χ4n) is 4.68. The molecule has 0 aliphatic heterocycles. The van der Waals surface area contributed by atoms with Crippen LogP contribution in [0.5, 0.6) is 0 Å². The van der Waals surface area contributed by atoms with E-state index >= 15 is 0 Å². The molecule has 4 N–H and O–H groups in total. The van der Waals surface area contributed by atoms with Crippen molar-refractivity contribution < 1.29 is 0 Å². The van der Waals surface area contributed by atoms with Crippen molar-refractivity contribution >= 4 is 0 Å². The smallest absolute Gasteiger partial charge is 0.0536 e. The maximum absolute atomic E-state index is 5.45. The Balaban J connectivity index is 0.000000782. The van der Waals surface area contributed by atoms with Crippen LogP contribution in [0.15, 0.2) is 171 Å². The van der Waals surface area contributed by atoms with E-state index in [1.165, 1.54) is 22.3 Å².